The third-order valence-electron chi connectivity index (χ3n) is 1.90. The molecule has 0 unspecified atom stereocenters. The molecule has 20 heavy (non-hydrogen) atoms. The van der Waals surface area contributed by atoms with Crippen molar-refractivity contribution < 1.29 is 19.1 Å². The molecule has 122 valence electrons. The molecule has 8 nitrogen and oxygen atoms in total. The van der Waals surface area contributed by atoms with Crippen molar-refractivity contribution in [3.8, 4) is 0 Å². The van der Waals surface area contributed by atoms with Crippen molar-refractivity contribution in [2.45, 2.75) is 27.7 Å². The Balaban J connectivity index is -0.00000144. The van der Waals surface area contributed by atoms with Crippen LogP contribution in [-0.2, 0) is 14.3 Å². The van der Waals surface area contributed by atoms with Crippen LogP contribution in [0.2, 0.25) is 0 Å². The van der Waals surface area contributed by atoms with Crippen LogP contribution in [0.4, 0.5) is 4.79 Å². The monoisotopic (exact) mass is 294 g/mol. The van der Waals surface area contributed by atoms with E-state index >= 15 is 0 Å². The molecule has 0 spiro atoms. The number of hydrogen-bond acceptors (Lipinski definition) is 6. The lowest BCUT2D eigenvalue weighted by atomic mass is 10.3. The van der Waals surface area contributed by atoms with E-state index in [0.717, 1.165) is 0 Å². The highest BCUT2D eigenvalue weighted by molar-refractivity contribution is 5.75. The second-order valence-electron chi connectivity index (χ2n) is 3.38. The summed E-state index contributed by atoms with van der Waals surface area (Å²) in [5.74, 6) is -0.00623. The molecular formula is C12H30N4O4. The van der Waals surface area contributed by atoms with Crippen LogP contribution >= 0.6 is 0 Å². The molecule has 0 heterocycles. The molecule has 0 aromatic carbocycles. The third kappa shape index (κ3) is 16.6. The number of nitrogens with one attached hydrogen (secondary N) is 4. The van der Waals surface area contributed by atoms with Crippen LogP contribution < -0.4 is 21.3 Å². The highest BCUT2D eigenvalue weighted by Crippen LogP contribution is 1.89. The Morgan fingerprint density at radius 3 is 2.40 bits per heavy atom. The Bertz CT molecular complexity index is 239. The van der Waals surface area contributed by atoms with Crippen LogP contribution in [0.3, 0.4) is 0 Å². The lowest BCUT2D eigenvalue weighted by Gasteiger charge is -2.07. The molecule has 0 fully saturated rings. The summed E-state index contributed by atoms with van der Waals surface area (Å²) in [7, 11) is 3.06. The number of ether oxygens (including phenoxy) is 2. The summed E-state index contributed by atoms with van der Waals surface area (Å²) in [6.45, 7) is 1.54. The molecule has 0 radical (unpaired) electrons. The first-order chi connectivity index (χ1) is 8.70. The molecule has 0 aromatic rings. The molecular weight excluding hydrogens is 264 g/mol. The zero-order chi connectivity index (χ0) is 13.6. The van der Waals surface area contributed by atoms with Gasteiger partial charge in [0.25, 0.3) is 0 Å². The fourth-order valence-electron chi connectivity index (χ4n) is 1.01. The normalized spacial score (nSPS) is 8.90. The third-order valence-corrected chi connectivity index (χ3v) is 1.90. The summed E-state index contributed by atoms with van der Waals surface area (Å²) in [4.78, 5) is 21.8. The molecule has 0 aliphatic carbocycles. The van der Waals surface area contributed by atoms with E-state index in [0.29, 0.717) is 32.8 Å². The van der Waals surface area contributed by atoms with E-state index in [9.17, 15) is 9.59 Å². The van der Waals surface area contributed by atoms with Gasteiger partial charge in [-0.1, -0.05) is 14.9 Å². The van der Waals surface area contributed by atoms with Gasteiger partial charge in [-0.25, -0.2) is 4.79 Å². The summed E-state index contributed by atoms with van der Waals surface area (Å²) in [6, 6.07) is 0. The van der Waals surface area contributed by atoms with Gasteiger partial charge in [-0.3, -0.25) is 10.1 Å². The van der Waals surface area contributed by atoms with Crippen molar-refractivity contribution in [3.63, 3.8) is 0 Å². The Labute approximate surface area is 122 Å². The molecule has 0 aliphatic heterocycles. The number of carbonyl (C=O) groups is 2. The summed E-state index contributed by atoms with van der Waals surface area (Å²) in [5.41, 5.74) is 0. The van der Waals surface area contributed by atoms with Crippen LogP contribution in [0.15, 0.2) is 0 Å². The predicted octanol–water partition coefficient (Wildman–Crippen LogP) is 0.209. The van der Waals surface area contributed by atoms with Crippen LogP contribution in [0.1, 0.15) is 27.7 Å². The first-order valence-electron chi connectivity index (χ1n) is 5.72. The van der Waals surface area contributed by atoms with E-state index in [4.69, 9.17) is 4.74 Å². The number of rotatable bonds is 10. The minimum atomic E-state index is -0.497. The van der Waals surface area contributed by atoms with Crippen LogP contribution in [-0.4, -0.2) is 52.8 Å². The van der Waals surface area contributed by atoms with E-state index in [1.165, 1.54) is 7.11 Å². The fraction of sp³-hybridized carbons (Fsp3) is 0.833. The van der Waals surface area contributed by atoms with E-state index in [1.807, 2.05) is 0 Å². The largest absolute Gasteiger partial charge is 0.453 e. The molecule has 2 amide bonds. The predicted molar refractivity (Wildman–Crippen MR) is 79.1 cm³/mol. The number of hydrogen-bond donors (Lipinski definition) is 4. The van der Waals surface area contributed by atoms with Gasteiger partial charge in [0.15, 0.2) is 0 Å². The van der Waals surface area contributed by atoms with Crippen molar-refractivity contribution >= 4 is 12.0 Å². The molecule has 4 N–H and O–H groups in total. The van der Waals surface area contributed by atoms with Crippen molar-refractivity contribution in [3.05, 3.63) is 0 Å². The van der Waals surface area contributed by atoms with E-state index in [-0.39, 0.29) is 27.4 Å². The molecule has 0 aromatic heterocycles. The number of amides is 2. The maximum Gasteiger partial charge on any atom is 0.407 e. The average molecular weight is 294 g/mol. The highest BCUT2D eigenvalue weighted by Gasteiger charge is 1.99. The Hall–Kier alpha value is -1.38. The zero-order valence-corrected chi connectivity index (χ0v) is 10.9. The quantitative estimate of drug-likeness (QED) is 0.339. The van der Waals surface area contributed by atoms with Gasteiger partial charge in [0, 0.05) is 13.0 Å². The summed E-state index contributed by atoms with van der Waals surface area (Å²) in [5, 5.41) is 10.8. The summed E-state index contributed by atoms with van der Waals surface area (Å²) >= 11 is 0. The standard InChI is InChI=1S/C10H22N4O4.2CH4/c1-11-6-13-9(15)4-3-5-18-8-12-7-14-10(16)17-2;;/h11-12H,3-8H2,1-2H3,(H,13,15)(H,14,16);2*1H4. The number of carbonyl (C=O) groups excluding carboxylic acids is 2. The van der Waals surface area contributed by atoms with Crippen molar-refractivity contribution in [2.24, 2.45) is 0 Å². The van der Waals surface area contributed by atoms with Crippen molar-refractivity contribution in [1.29, 1.82) is 0 Å². The molecule has 0 aliphatic rings. The summed E-state index contributed by atoms with van der Waals surface area (Å²) < 4.78 is 9.58. The Morgan fingerprint density at radius 1 is 1.10 bits per heavy atom. The second kappa shape index (κ2) is 17.6. The van der Waals surface area contributed by atoms with Gasteiger partial charge in [-0.2, -0.15) is 0 Å². The molecule has 8 heteroatoms. The molecule has 0 saturated carbocycles. The zero-order valence-electron chi connectivity index (χ0n) is 10.9. The number of methoxy groups -OCH3 is 1. The molecule has 0 saturated heterocycles. The van der Waals surface area contributed by atoms with Crippen molar-refractivity contribution in [2.75, 3.05) is 40.8 Å². The van der Waals surface area contributed by atoms with Gasteiger partial charge in [0.2, 0.25) is 5.91 Å². The van der Waals surface area contributed by atoms with Gasteiger partial charge in [0.1, 0.15) is 0 Å². The number of alkyl carbamates (subject to hydrolysis) is 1. The Kier molecular flexibility index (Phi) is 20.9. The maximum atomic E-state index is 11.2. The highest BCUT2D eigenvalue weighted by atomic mass is 16.5. The van der Waals surface area contributed by atoms with Gasteiger partial charge in [-0.05, 0) is 13.5 Å². The van der Waals surface area contributed by atoms with E-state index < -0.39 is 6.09 Å². The van der Waals surface area contributed by atoms with Gasteiger partial charge >= 0.3 is 6.09 Å². The van der Waals surface area contributed by atoms with Crippen molar-refractivity contribution in [1.82, 2.24) is 21.3 Å². The Morgan fingerprint density at radius 2 is 1.80 bits per heavy atom. The average Bonchev–Trinajstić information content (AvgIpc) is 2.38. The second-order valence-corrected chi connectivity index (χ2v) is 3.38. The SMILES string of the molecule is C.C.CNCNC(=O)CCCOCNCNC(=O)OC. The fourth-order valence-corrected chi connectivity index (χ4v) is 1.01. The van der Waals surface area contributed by atoms with Gasteiger partial charge in [-0.15, -0.1) is 0 Å². The first-order valence-corrected chi connectivity index (χ1v) is 5.72. The van der Waals surface area contributed by atoms with E-state index in [2.05, 4.69) is 26.0 Å². The lowest BCUT2D eigenvalue weighted by molar-refractivity contribution is -0.121. The van der Waals surface area contributed by atoms with E-state index in [1.54, 1.807) is 7.05 Å². The maximum absolute atomic E-state index is 11.2. The van der Waals surface area contributed by atoms with Gasteiger partial charge < -0.3 is 25.4 Å². The minimum Gasteiger partial charge on any atom is -0.453 e. The smallest absolute Gasteiger partial charge is 0.407 e. The van der Waals surface area contributed by atoms with Crippen LogP contribution in [0.5, 0.6) is 0 Å². The van der Waals surface area contributed by atoms with Crippen LogP contribution in [0, 0.1) is 0 Å². The summed E-state index contributed by atoms with van der Waals surface area (Å²) in [6.07, 6.45) is 0.590. The van der Waals surface area contributed by atoms with Crippen LogP contribution in [0.25, 0.3) is 0 Å². The van der Waals surface area contributed by atoms with Gasteiger partial charge in [0.05, 0.1) is 27.2 Å². The first kappa shape index (κ1) is 23.7. The lowest BCUT2D eigenvalue weighted by Crippen LogP contribution is -2.35. The molecule has 0 rings (SSSR count). The molecule has 0 bridgehead atoms. The topological polar surface area (TPSA) is 101 Å². The minimum absolute atomic E-state index is 0. The molecule has 0 atom stereocenters.